The van der Waals surface area contributed by atoms with Crippen molar-refractivity contribution >= 4 is 16.9 Å². The Morgan fingerprint density at radius 1 is 1.05 bits per heavy atom. The fraction of sp³-hybridized carbons (Fsp3) is 0.357. The fourth-order valence-corrected chi connectivity index (χ4v) is 5.43. The third kappa shape index (κ3) is 3.99. The number of likely N-dealkylation sites (tertiary alicyclic amines) is 1. The molecule has 1 unspecified atom stereocenters. The summed E-state index contributed by atoms with van der Waals surface area (Å²) in [6, 6.07) is 9.61. The predicted molar refractivity (Wildman–Crippen MR) is 138 cm³/mol. The Morgan fingerprint density at radius 2 is 1.89 bits per heavy atom. The average molecular weight is 517 g/mol. The monoisotopic (exact) mass is 516 g/mol. The molecule has 0 radical (unpaired) electrons. The van der Waals surface area contributed by atoms with E-state index in [9.17, 15) is 18.4 Å². The zero-order valence-corrected chi connectivity index (χ0v) is 20.6. The van der Waals surface area contributed by atoms with Crippen molar-refractivity contribution in [3.8, 4) is 16.9 Å². The number of halogens is 2. The van der Waals surface area contributed by atoms with Crippen LogP contribution in [0.1, 0.15) is 52.8 Å². The number of benzene rings is 1. The zero-order chi connectivity index (χ0) is 26.0. The van der Waals surface area contributed by atoms with Crippen LogP contribution in [-0.4, -0.2) is 62.7 Å². The number of amides is 1. The molecule has 194 valence electrons. The lowest BCUT2D eigenvalue weighted by Crippen LogP contribution is -2.51. The molecular weight excluding hydrogens is 490 g/mol. The van der Waals surface area contributed by atoms with Crippen molar-refractivity contribution in [1.82, 2.24) is 29.7 Å². The summed E-state index contributed by atoms with van der Waals surface area (Å²) in [5, 5.41) is 3.34. The van der Waals surface area contributed by atoms with Crippen molar-refractivity contribution in [2.75, 3.05) is 26.2 Å². The second kappa shape index (κ2) is 8.83. The number of carbonyl (C=O) groups is 1. The molecule has 3 aromatic heterocycles. The lowest BCUT2D eigenvalue weighted by molar-refractivity contribution is 0.0400. The summed E-state index contributed by atoms with van der Waals surface area (Å²) in [4.78, 5) is 40.7. The third-order valence-electron chi connectivity index (χ3n) is 7.78. The molecule has 1 saturated carbocycles. The van der Waals surface area contributed by atoms with E-state index < -0.39 is 17.9 Å². The second-order valence-corrected chi connectivity index (χ2v) is 10.5. The molecule has 38 heavy (non-hydrogen) atoms. The number of nitrogens with zero attached hydrogens (tertiary/aromatic N) is 4. The van der Waals surface area contributed by atoms with Gasteiger partial charge in [-0.1, -0.05) is 6.07 Å². The topological polar surface area (TPSA) is 95.9 Å². The first-order chi connectivity index (χ1) is 18.4. The number of fused-ring (bicyclic) bond motifs is 1. The lowest BCUT2D eigenvalue weighted by Gasteiger charge is -2.34. The molecule has 4 aromatic rings. The first-order valence-electron chi connectivity index (χ1n) is 13.0. The van der Waals surface area contributed by atoms with Crippen LogP contribution in [0, 0.1) is 5.82 Å². The maximum Gasteiger partial charge on any atom is 0.283 e. The highest BCUT2D eigenvalue weighted by molar-refractivity contribution is 6.01. The summed E-state index contributed by atoms with van der Waals surface area (Å²) in [6.45, 7) is 1.80. The summed E-state index contributed by atoms with van der Waals surface area (Å²) in [5.41, 5.74) is 3.90. The normalized spacial score (nSPS) is 19.7. The minimum absolute atomic E-state index is 0.000161. The van der Waals surface area contributed by atoms with Gasteiger partial charge in [-0.2, -0.15) is 0 Å². The van der Waals surface area contributed by atoms with Crippen molar-refractivity contribution in [1.29, 1.82) is 0 Å². The molecule has 2 saturated heterocycles. The van der Waals surface area contributed by atoms with Crippen molar-refractivity contribution in [2.24, 2.45) is 0 Å². The summed E-state index contributed by atoms with van der Waals surface area (Å²) in [6.07, 6.45) is 3.39. The first kappa shape index (κ1) is 23.2. The largest absolute Gasteiger partial charge is 0.352 e. The van der Waals surface area contributed by atoms with Gasteiger partial charge in [0.25, 0.3) is 11.5 Å². The number of aromatic amines is 1. The molecule has 10 heteroatoms. The predicted octanol–water partition coefficient (Wildman–Crippen LogP) is 3.66. The molecule has 3 aliphatic rings. The molecule has 1 atom stereocenters. The average Bonchev–Trinajstić information content (AvgIpc) is 3.42. The number of hydrogen-bond donors (Lipinski definition) is 2. The Hall–Kier alpha value is -3.92. The third-order valence-corrected chi connectivity index (χ3v) is 7.78. The Balaban J connectivity index is 1.34. The van der Waals surface area contributed by atoms with E-state index in [4.69, 9.17) is 4.98 Å². The van der Waals surface area contributed by atoms with Crippen LogP contribution < -0.4 is 10.9 Å². The number of aromatic nitrogens is 4. The molecule has 2 aliphatic heterocycles. The summed E-state index contributed by atoms with van der Waals surface area (Å²) in [7, 11) is 0. The van der Waals surface area contributed by atoms with Gasteiger partial charge in [0.05, 0.1) is 24.2 Å². The Morgan fingerprint density at radius 3 is 2.63 bits per heavy atom. The summed E-state index contributed by atoms with van der Waals surface area (Å²) >= 11 is 0. The smallest absolute Gasteiger partial charge is 0.283 e. The molecule has 5 heterocycles. The quantitative estimate of drug-likeness (QED) is 0.422. The van der Waals surface area contributed by atoms with Crippen molar-refractivity contribution in [2.45, 2.75) is 37.3 Å². The SMILES string of the molecule is O=C(c1cc(F)ccc1-c1cc(C2CC2)nc(-n2cnc3cc(C4CCNC4)[nH]c3c2=O)c1)N1CC(F)C1. The minimum Gasteiger partial charge on any atom is -0.352 e. The molecule has 0 spiro atoms. The van der Waals surface area contributed by atoms with Crippen LogP contribution in [0.25, 0.3) is 28.0 Å². The van der Waals surface area contributed by atoms with Gasteiger partial charge in [-0.25, -0.2) is 23.3 Å². The number of alkyl halides is 1. The molecule has 2 N–H and O–H groups in total. The van der Waals surface area contributed by atoms with Gasteiger partial charge in [0.2, 0.25) is 0 Å². The number of carbonyl (C=O) groups excluding carboxylic acids is 1. The van der Waals surface area contributed by atoms with Gasteiger partial charge in [-0.3, -0.25) is 9.59 Å². The maximum absolute atomic E-state index is 14.2. The molecule has 1 amide bonds. The molecule has 8 nitrogen and oxygen atoms in total. The first-order valence-corrected chi connectivity index (χ1v) is 13.0. The van der Waals surface area contributed by atoms with E-state index in [2.05, 4.69) is 15.3 Å². The minimum atomic E-state index is -1.06. The molecule has 3 fully saturated rings. The number of nitrogens with one attached hydrogen (secondary N) is 2. The number of hydrogen-bond acceptors (Lipinski definition) is 5. The Kier molecular flexibility index (Phi) is 5.40. The Bertz CT molecular complexity index is 1630. The number of rotatable bonds is 5. The van der Waals surface area contributed by atoms with Crippen molar-refractivity contribution < 1.29 is 13.6 Å². The van der Waals surface area contributed by atoms with Gasteiger partial charge in [0.1, 0.15) is 29.7 Å². The van der Waals surface area contributed by atoms with Crippen LogP contribution >= 0.6 is 0 Å². The van der Waals surface area contributed by atoms with Crippen LogP contribution in [0.3, 0.4) is 0 Å². The van der Waals surface area contributed by atoms with Crippen LogP contribution in [0.5, 0.6) is 0 Å². The summed E-state index contributed by atoms with van der Waals surface area (Å²) < 4.78 is 29.1. The van der Waals surface area contributed by atoms with Gasteiger partial charge in [0.15, 0.2) is 0 Å². The van der Waals surface area contributed by atoms with Crippen molar-refractivity contribution in [3.05, 3.63) is 75.8 Å². The van der Waals surface area contributed by atoms with Gasteiger partial charge in [0, 0.05) is 29.8 Å². The number of pyridine rings is 1. The van der Waals surface area contributed by atoms with E-state index in [-0.39, 0.29) is 30.1 Å². The summed E-state index contributed by atoms with van der Waals surface area (Å²) in [5.74, 6) is -0.000833. The lowest BCUT2D eigenvalue weighted by atomic mass is 9.97. The molecule has 1 aromatic carbocycles. The molecule has 7 rings (SSSR count). The van der Waals surface area contributed by atoms with Crippen LogP contribution in [0.15, 0.2) is 47.5 Å². The van der Waals surface area contributed by atoms with Gasteiger partial charge in [-0.05, 0) is 67.3 Å². The molecular formula is C28H26F2N6O2. The van der Waals surface area contributed by atoms with Gasteiger partial charge >= 0.3 is 0 Å². The van der Waals surface area contributed by atoms with E-state index in [0.717, 1.165) is 43.7 Å². The maximum atomic E-state index is 14.2. The van der Waals surface area contributed by atoms with E-state index >= 15 is 0 Å². The highest BCUT2D eigenvalue weighted by atomic mass is 19.1. The second-order valence-electron chi connectivity index (χ2n) is 10.5. The van der Waals surface area contributed by atoms with E-state index in [1.165, 1.54) is 27.9 Å². The van der Waals surface area contributed by atoms with Crippen LogP contribution in [0.4, 0.5) is 8.78 Å². The standard InChI is InChI=1S/C28H26F2N6O2/c29-18-3-4-20(21(9-18)27(37)35-12-19(30)13-35)17-7-22(15-1-2-15)33-25(8-17)36-14-32-24-10-23(16-5-6-31-11-16)34-26(24)28(36)38/h3-4,7-10,14-16,19,31,34H,1-2,5-6,11-13H2. The number of H-pyrrole nitrogens is 1. The van der Waals surface area contributed by atoms with E-state index in [1.54, 1.807) is 12.1 Å². The van der Waals surface area contributed by atoms with Crippen LogP contribution in [0.2, 0.25) is 0 Å². The van der Waals surface area contributed by atoms with Gasteiger partial charge < -0.3 is 15.2 Å². The van der Waals surface area contributed by atoms with E-state index in [0.29, 0.717) is 33.9 Å². The molecule has 1 aliphatic carbocycles. The van der Waals surface area contributed by atoms with Gasteiger partial charge in [-0.15, -0.1) is 0 Å². The highest BCUT2D eigenvalue weighted by Crippen LogP contribution is 2.41. The fourth-order valence-electron chi connectivity index (χ4n) is 5.43. The van der Waals surface area contributed by atoms with E-state index in [1.807, 2.05) is 12.1 Å². The Labute approximate surface area is 216 Å². The van der Waals surface area contributed by atoms with Crippen LogP contribution in [-0.2, 0) is 0 Å². The molecule has 0 bridgehead atoms. The van der Waals surface area contributed by atoms with Crippen molar-refractivity contribution in [3.63, 3.8) is 0 Å². The highest BCUT2D eigenvalue weighted by Gasteiger charge is 2.33. The zero-order valence-electron chi connectivity index (χ0n) is 20.6.